The lowest BCUT2D eigenvalue weighted by atomic mass is 10.1. The summed E-state index contributed by atoms with van der Waals surface area (Å²) in [4.78, 5) is 26.2. The molecule has 126 valence electrons. The highest BCUT2D eigenvalue weighted by molar-refractivity contribution is 6.31. The molecule has 1 N–H and O–H groups in total. The molecule has 1 aliphatic heterocycles. The number of aryl methyl sites for hydroxylation is 1. The Balaban J connectivity index is 2.02. The van der Waals surface area contributed by atoms with Crippen molar-refractivity contribution in [2.45, 2.75) is 39.7 Å². The number of hydrogen-bond acceptors (Lipinski definition) is 3. The molecule has 1 aromatic rings. The van der Waals surface area contributed by atoms with Crippen LogP contribution < -0.4 is 5.32 Å². The lowest BCUT2D eigenvalue weighted by Crippen LogP contribution is -2.43. The van der Waals surface area contributed by atoms with Gasteiger partial charge in [-0.15, -0.1) is 0 Å². The number of amides is 2. The largest absolute Gasteiger partial charge is 0.449 e. The molecular weight excluding hydrogens is 316 g/mol. The molecule has 6 heteroatoms. The van der Waals surface area contributed by atoms with Crippen LogP contribution in [0, 0.1) is 12.8 Å². The summed E-state index contributed by atoms with van der Waals surface area (Å²) in [6.45, 7) is 6.75. The van der Waals surface area contributed by atoms with Gasteiger partial charge in [-0.3, -0.25) is 9.69 Å². The summed E-state index contributed by atoms with van der Waals surface area (Å²) in [5, 5.41) is 3.43. The predicted molar refractivity (Wildman–Crippen MR) is 90.7 cm³/mol. The zero-order valence-corrected chi connectivity index (χ0v) is 14.5. The van der Waals surface area contributed by atoms with Gasteiger partial charge in [0, 0.05) is 17.3 Å². The van der Waals surface area contributed by atoms with Gasteiger partial charge in [0.25, 0.3) is 0 Å². The molecule has 1 saturated heterocycles. The number of benzene rings is 1. The van der Waals surface area contributed by atoms with E-state index in [2.05, 4.69) is 5.32 Å². The summed E-state index contributed by atoms with van der Waals surface area (Å²) in [7, 11) is 0. The number of nitrogens with zero attached hydrogens (tertiary/aromatic N) is 1. The molecule has 0 aromatic heterocycles. The van der Waals surface area contributed by atoms with Gasteiger partial charge in [-0.05, 0) is 43.4 Å². The number of anilines is 1. The van der Waals surface area contributed by atoms with Crippen molar-refractivity contribution in [2.75, 3.05) is 18.5 Å². The molecule has 0 spiro atoms. The molecule has 23 heavy (non-hydrogen) atoms. The molecule has 1 fully saturated rings. The number of nitrogens with one attached hydrogen (secondary N) is 1. The summed E-state index contributed by atoms with van der Waals surface area (Å²) in [6, 6.07) is 4.84. The Bertz CT molecular complexity index is 589. The van der Waals surface area contributed by atoms with Crippen molar-refractivity contribution in [3.8, 4) is 0 Å². The maximum Gasteiger partial charge on any atom is 0.410 e. The standard InChI is InChI=1S/C17H23ClN2O3/c1-11(2)10-23-17(22)20-8-4-5-15(20)16(21)19-14-9-13(18)7-6-12(14)3/h6-7,9,11,15H,4-5,8,10H2,1-3H3,(H,19,21). The molecule has 1 aliphatic rings. The van der Waals surface area contributed by atoms with Gasteiger partial charge in [-0.25, -0.2) is 4.79 Å². The smallest absolute Gasteiger partial charge is 0.410 e. The number of hydrogen-bond donors (Lipinski definition) is 1. The SMILES string of the molecule is Cc1ccc(Cl)cc1NC(=O)C1CCCN1C(=O)OCC(C)C. The monoisotopic (exact) mass is 338 g/mol. The van der Waals surface area contributed by atoms with Gasteiger partial charge in [-0.1, -0.05) is 31.5 Å². The molecule has 1 aromatic carbocycles. The highest BCUT2D eigenvalue weighted by atomic mass is 35.5. The Kier molecular flexibility index (Phi) is 5.88. The summed E-state index contributed by atoms with van der Waals surface area (Å²) in [5.74, 6) is 0.0669. The van der Waals surface area contributed by atoms with Gasteiger partial charge in [0.2, 0.25) is 5.91 Å². The third kappa shape index (κ3) is 4.61. The second-order valence-corrected chi connectivity index (χ2v) is 6.71. The van der Waals surface area contributed by atoms with E-state index in [9.17, 15) is 9.59 Å². The molecule has 1 heterocycles. The van der Waals surface area contributed by atoms with E-state index in [1.54, 1.807) is 12.1 Å². The molecule has 0 radical (unpaired) electrons. The topological polar surface area (TPSA) is 58.6 Å². The molecular formula is C17H23ClN2O3. The Hall–Kier alpha value is -1.75. The van der Waals surface area contributed by atoms with E-state index in [4.69, 9.17) is 16.3 Å². The zero-order chi connectivity index (χ0) is 17.0. The molecule has 1 atom stereocenters. The minimum Gasteiger partial charge on any atom is -0.449 e. The maximum atomic E-state index is 12.5. The van der Waals surface area contributed by atoms with Crippen LogP contribution in [-0.2, 0) is 9.53 Å². The van der Waals surface area contributed by atoms with Gasteiger partial charge >= 0.3 is 6.09 Å². The average Bonchev–Trinajstić information content (AvgIpc) is 2.98. The van der Waals surface area contributed by atoms with Crippen LogP contribution in [0.4, 0.5) is 10.5 Å². The minimum absolute atomic E-state index is 0.200. The van der Waals surface area contributed by atoms with Crippen LogP contribution >= 0.6 is 11.6 Å². The first-order chi connectivity index (χ1) is 10.9. The highest BCUT2D eigenvalue weighted by Crippen LogP contribution is 2.24. The normalized spacial score (nSPS) is 17.4. The van der Waals surface area contributed by atoms with Crippen LogP contribution in [0.5, 0.6) is 0 Å². The van der Waals surface area contributed by atoms with Crippen molar-refractivity contribution in [1.82, 2.24) is 4.90 Å². The molecule has 1 unspecified atom stereocenters. The van der Waals surface area contributed by atoms with Crippen molar-refractivity contribution in [2.24, 2.45) is 5.92 Å². The Morgan fingerprint density at radius 3 is 2.87 bits per heavy atom. The predicted octanol–water partition coefficient (Wildman–Crippen LogP) is 3.84. The van der Waals surface area contributed by atoms with Crippen molar-refractivity contribution < 1.29 is 14.3 Å². The summed E-state index contributed by atoms with van der Waals surface area (Å²) >= 11 is 5.97. The minimum atomic E-state index is -0.493. The first kappa shape index (κ1) is 17.6. The number of likely N-dealkylation sites (tertiary alicyclic amines) is 1. The van der Waals surface area contributed by atoms with Crippen LogP contribution in [-0.4, -0.2) is 36.1 Å². The van der Waals surface area contributed by atoms with E-state index >= 15 is 0 Å². The van der Waals surface area contributed by atoms with E-state index < -0.39 is 12.1 Å². The number of halogens is 1. The van der Waals surface area contributed by atoms with E-state index in [1.165, 1.54) is 4.90 Å². The van der Waals surface area contributed by atoms with Gasteiger partial charge < -0.3 is 10.1 Å². The van der Waals surface area contributed by atoms with E-state index in [-0.39, 0.29) is 11.8 Å². The van der Waals surface area contributed by atoms with Crippen LogP contribution in [0.1, 0.15) is 32.3 Å². The van der Waals surface area contributed by atoms with E-state index in [0.717, 1.165) is 12.0 Å². The molecule has 0 aliphatic carbocycles. The average molecular weight is 339 g/mol. The van der Waals surface area contributed by atoms with Gasteiger partial charge in [-0.2, -0.15) is 0 Å². The quantitative estimate of drug-likeness (QED) is 0.907. The first-order valence-corrected chi connectivity index (χ1v) is 8.26. The highest BCUT2D eigenvalue weighted by Gasteiger charge is 2.35. The molecule has 0 bridgehead atoms. The fraction of sp³-hybridized carbons (Fsp3) is 0.529. The Morgan fingerprint density at radius 2 is 2.17 bits per heavy atom. The second kappa shape index (κ2) is 7.68. The van der Waals surface area contributed by atoms with Crippen molar-refractivity contribution in [3.63, 3.8) is 0 Å². The van der Waals surface area contributed by atoms with E-state index in [1.807, 2.05) is 26.8 Å². The van der Waals surface area contributed by atoms with Gasteiger partial charge in [0.05, 0.1) is 6.61 Å². The van der Waals surface area contributed by atoms with E-state index in [0.29, 0.717) is 30.3 Å². The summed E-state index contributed by atoms with van der Waals surface area (Å²) < 4.78 is 5.25. The van der Waals surface area contributed by atoms with Crippen molar-refractivity contribution in [1.29, 1.82) is 0 Å². The second-order valence-electron chi connectivity index (χ2n) is 6.27. The lowest BCUT2D eigenvalue weighted by molar-refractivity contribution is -0.120. The maximum absolute atomic E-state index is 12.5. The summed E-state index contributed by atoms with van der Waals surface area (Å²) in [6.07, 6.45) is 1.02. The molecule has 5 nitrogen and oxygen atoms in total. The first-order valence-electron chi connectivity index (χ1n) is 7.89. The summed E-state index contributed by atoms with van der Waals surface area (Å²) in [5.41, 5.74) is 1.60. The fourth-order valence-electron chi connectivity index (χ4n) is 2.52. The number of carbonyl (C=O) groups excluding carboxylic acids is 2. The fourth-order valence-corrected chi connectivity index (χ4v) is 2.70. The molecule has 2 rings (SSSR count). The third-order valence-corrected chi connectivity index (χ3v) is 4.02. The third-order valence-electron chi connectivity index (χ3n) is 3.79. The number of carbonyl (C=O) groups is 2. The van der Waals surface area contributed by atoms with Crippen molar-refractivity contribution in [3.05, 3.63) is 28.8 Å². The molecule has 0 saturated carbocycles. The van der Waals surface area contributed by atoms with Crippen LogP contribution in [0.2, 0.25) is 5.02 Å². The lowest BCUT2D eigenvalue weighted by Gasteiger charge is -2.24. The Labute approximate surface area is 141 Å². The number of ether oxygens (including phenoxy) is 1. The number of rotatable bonds is 4. The van der Waals surface area contributed by atoms with Gasteiger partial charge in [0.15, 0.2) is 0 Å². The van der Waals surface area contributed by atoms with Gasteiger partial charge in [0.1, 0.15) is 6.04 Å². The van der Waals surface area contributed by atoms with Crippen LogP contribution in [0.3, 0.4) is 0 Å². The zero-order valence-electron chi connectivity index (χ0n) is 13.8. The molecule has 2 amide bonds. The van der Waals surface area contributed by atoms with Crippen LogP contribution in [0.25, 0.3) is 0 Å². The van der Waals surface area contributed by atoms with Crippen LogP contribution in [0.15, 0.2) is 18.2 Å². The van der Waals surface area contributed by atoms with Crippen molar-refractivity contribution >= 4 is 29.3 Å². The Morgan fingerprint density at radius 1 is 1.43 bits per heavy atom.